The second kappa shape index (κ2) is 7.33. The molecule has 0 aliphatic heterocycles. The molecule has 1 amide bonds. The van der Waals surface area contributed by atoms with E-state index in [0.717, 1.165) is 35.1 Å². The van der Waals surface area contributed by atoms with Crippen LogP contribution in [0, 0.1) is 11.6 Å². The van der Waals surface area contributed by atoms with Crippen LogP contribution in [0.3, 0.4) is 0 Å². The third-order valence-corrected chi connectivity index (χ3v) is 3.81. The predicted octanol–water partition coefficient (Wildman–Crippen LogP) is 3.84. The third kappa shape index (κ3) is 3.97. The molecule has 0 fully saturated rings. The van der Waals surface area contributed by atoms with Gasteiger partial charge in [0.2, 0.25) is 5.82 Å². The Morgan fingerprint density at radius 2 is 1.75 bits per heavy atom. The SMILES string of the molecule is CC(C(=O)Nc1c(F)cccc1F)n1nnc(-c2cccc(C(F)(F)F)c2)n1. The lowest BCUT2D eigenvalue weighted by Gasteiger charge is -2.12. The summed E-state index contributed by atoms with van der Waals surface area (Å²) in [5.41, 5.74) is -1.46. The lowest BCUT2D eigenvalue weighted by atomic mass is 10.1. The van der Waals surface area contributed by atoms with Gasteiger partial charge in [-0.1, -0.05) is 18.2 Å². The van der Waals surface area contributed by atoms with Crippen molar-refractivity contribution in [2.45, 2.75) is 19.1 Å². The number of amides is 1. The van der Waals surface area contributed by atoms with Crippen LogP contribution >= 0.6 is 0 Å². The monoisotopic (exact) mass is 397 g/mol. The van der Waals surface area contributed by atoms with Crippen molar-refractivity contribution >= 4 is 11.6 Å². The van der Waals surface area contributed by atoms with Gasteiger partial charge in [0.25, 0.3) is 5.91 Å². The Morgan fingerprint density at radius 1 is 1.11 bits per heavy atom. The highest BCUT2D eigenvalue weighted by Crippen LogP contribution is 2.31. The molecule has 146 valence electrons. The van der Waals surface area contributed by atoms with Gasteiger partial charge in [0.05, 0.1) is 5.56 Å². The highest BCUT2D eigenvalue weighted by Gasteiger charge is 2.31. The molecule has 0 saturated heterocycles. The van der Waals surface area contributed by atoms with Gasteiger partial charge in [-0.05, 0) is 36.4 Å². The molecule has 1 aromatic heterocycles. The molecule has 0 bridgehead atoms. The fourth-order valence-electron chi connectivity index (χ4n) is 2.29. The number of aromatic nitrogens is 4. The smallest absolute Gasteiger partial charge is 0.319 e. The normalized spacial score (nSPS) is 12.6. The molecule has 1 unspecified atom stereocenters. The van der Waals surface area contributed by atoms with E-state index in [1.807, 2.05) is 0 Å². The molecule has 2 aromatic carbocycles. The first kappa shape index (κ1) is 19.4. The number of nitrogens with zero attached hydrogens (tertiary/aromatic N) is 4. The Morgan fingerprint density at radius 3 is 2.39 bits per heavy atom. The van der Waals surface area contributed by atoms with E-state index in [2.05, 4.69) is 20.7 Å². The molecule has 0 aliphatic carbocycles. The van der Waals surface area contributed by atoms with E-state index < -0.39 is 41.0 Å². The number of benzene rings is 2. The van der Waals surface area contributed by atoms with Gasteiger partial charge in [-0.15, -0.1) is 10.2 Å². The summed E-state index contributed by atoms with van der Waals surface area (Å²) >= 11 is 0. The van der Waals surface area contributed by atoms with Crippen molar-refractivity contribution < 1.29 is 26.7 Å². The maximum absolute atomic E-state index is 13.6. The molecular formula is C17H12F5N5O. The molecule has 0 saturated carbocycles. The Hall–Kier alpha value is -3.37. The molecule has 1 atom stereocenters. The van der Waals surface area contributed by atoms with E-state index in [9.17, 15) is 26.7 Å². The summed E-state index contributed by atoms with van der Waals surface area (Å²) in [5, 5.41) is 13.3. The van der Waals surface area contributed by atoms with Gasteiger partial charge in [0.15, 0.2) is 0 Å². The molecule has 28 heavy (non-hydrogen) atoms. The van der Waals surface area contributed by atoms with Crippen LogP contribution in [0.5, 0.6) is 0 Å². The van der Waals surface area contributed by atoms with Crippen molar-refractivity contribution in [1.82, 2.24) is 20.2 Å². The zero-order valence-corrected chi connectivity index (χ0v) is 14.2. The van der Waals surface area contributed by atoms with Gasteiger partial charge >= 0.3 is 6.18 Å². The third-order valence-electron chi connectivity index (χ3n) is 3.81. The molecule has 1 N–H and O–H groups in total. The fourth-order valence-corrected chi connectivity index (χ4v) is 2.29. The summed E-state index contributed by atoms with van der Waals surface area (Å²) in [4.78, 5) is 13.1. The van der Waals surface area contributed by atoms with Crippen LogP contribution in [0.4, 0.5) is 27.6 Å². The number of rotatable bonds is 4. The Balaban J connectivity index is 1.81. The van der Waals surface area contributed by atoms with E-state index in [1.54, 1.807) is 0 Å². The summed E-state index contributed by atoms with van der Waals surface area (Å²) in [6.45, 7) is 1.34. The first-order chi connectivity index (χ1) is 13.2. The lowest BCUT2D eigenvalue weighted by Crippen LogP contribution is -2.26. The molecule has 3 rings (SSSR count). The van der Waals surface area contributed by atoms with Crippen LogP contribution < -0.4 is 5.32 Å². The van der Waals surface area contributed by atoms with Crippen molar-refractivity contribution in [2.24, 2.45) is 0 Å². The van der Waals surface area contributed by atoms with Crippen molar-refractivity contribution in [1.29, 1.82) is 0 Å². The summed E-state index contributed by atoms with van der Waals surface area (Å²) in [6, 6.07) is 6.25. The molecule has 0 spiro atoms. The Labute approximate surface area is 155 Å². The van der Waals surface area contributed by atoms with Gasteiger partial charge in [-0.3, -0.25) is 4.79 Å². The Bertz CT molecular complexity index is 997. The topological polar surface area (TPSA) is 72.7 Å². The minimum atomic E-state index is -4.54. The zero-order chi connectivity index (χ0) is 20.5. The number of hydrogen-bond acceptors (Lipinski definition) is 4. The predicted molar refractivity (Wildman–Crippen MR) is 88.0 cm³/mol. The highest BCUT2D eigenvalue weighted by atomic mass is 19.4. The van der Waals surface area contributed by atoms with Crippen molar-refractivity contribution in [2.75, 3.05) is 5.32 Å². The molecule has 11 heteroatoms. The molecule has 3 aromatic rings. The van der Waals surface area contributed by atoms with Gasteiger partial charge < -0.3 is 5.32 Å². The standard InChI is InChI=1S/C17H12F5N5O/c1-9(16(28)23-14-12(18)6-3-7-13(14)19)27-25-15(24-26-27)10-4-2-5-11(8-10)17(20,21)22/h2-9H,1H3,(H,23,28). The fraction of sp³-hybridized carbons (Fsp3) is 0.176. The van der Waals surface area contributed by atoms with Crippen molar-refractivity contribution in [3.05, 3.63) is 59.7 Å². The number of para-hydroxylation sites is 1. The first-order valence-corrected chi connectivity index (χ1v) is 7.89. The van der Waals surface area contributed by atoms with Crippen molar-refractivity contribution in [3.63, 3.8) is 0 Å². The maximum atomic E-state index is 13.6. The van der Waals surface area contributed by atoms with E-state index in [-0.39, 0.29) is 11.4 Å². The largest absolute Gasteiger partial charge is 0.416 e. The molecule has 6 nitrogen and oxygen atoms in total. The molecule has 0 aliphatic rings. The van der Waals surface area contributed by atoms with Gasteiger partial charge in [0, 0.05) is 5.56 Å². The van der Waals surface area contributed by atoms with Gasteiger partial charge in [0.1, 0.15) is 23.4 Å². The van der Waals surface area contributed by atoms with Crippen molar-refractivity contribution in [3.8, 4) is 11.4 Å². The van der Waals surface area contributed by atoms with E-state index >= 15 is 0 Å². The first-order valence-electron chi connectivity index (χ1n) is 7.89. The molecule has 1 heterocycles. The van der Waals surface area contributed by atoms with E-state index in [1.165, 1.54) is 19.1 Å². The van der Waals surface area contributed by atoms with E-state index in [0.29, 0.717) is 0 Å². The van der Waals surface area contributed by atoms with Crippen LogP contribution in [0.1, 0.15) is 18.5 Å². The Kier molecular flexibility index (Phi) is 5.08. The molecule has 0 radical (unpaired) electrons. The zero-order valence-electron chi connectivity index (χ0n) is 14.2. The maximum Gasteiger partial charge on any atom is 0.416 e. The number of halogens is 5. The van der Waals surface area contributed by atoms with E-state index in [4.69, 9.17) is 0 Å². The van der Waals surface area contributed by atoms with Crippen LogP contribution in [0.25, 0.3) is 11.4 Å². The van der Waals surface area contributed by atoms with Crippen LogP contribution in [-0.4, -0.2) is 26.1 Å². The minimum absolute atomic E-state index is 0.0498. The average Bonchev–Trinajstić information content (AvgIpc) is 3.13. The number of carbonyl (C=O) groups excluding carboxylic acids is 1. The number of carbonyl (C=O) groups is 1. The lowest BCUT2D eigenvalue weighted by molar-refractivity contribution is -0.137. The number of tetrazole rings is 1. The van der Waals surface area contributed by atoms with Gasteiger partial charge in [-0.25, -0.2) is 8.78 Å². The summed E-state index contributed by atoms with van der Waals surface area (Å²) in [6.07, 6.45) is -4.54. The van der Waals surface area contributed by atoms with Gasteiger partial charge in [-0.2, -0.15) is 18.0 Å². The minimum Gasteiger partial charge on any atom is -0.319 e. The quantitative estimate of drug-likeness (QED) is 0.679. The second-order valence-corrected chi connectivity index (χ2v) is 5.77. The number of alkyl halides is 3. The second-order valence-electron chi connectivity index (χ2n) is 5.77. The van der Waals surface area contributed by atoms with Crippen LogP contribution in [0.2, 0.25) is 0 Å². The average molecular weight is 397 g/mol. The summed E-state index contributed by atoms with van der Waals surface area (Å²) in [5.74, 6) is -2.90. The molecular weight excluding hydrogens is 385 g/mol. The summed E-state index contributed by atoms with van der Waals surface area (Å²) in [7, 11) is 0. The highest BCUT2D eigenvalue weighted by molar-refractivity contribution is 5.93. The summed E-state index contributed by atoms with van der Waals surface area (Å²) < 4.78 is 65.7. The number of anilines is 1. The number of hydrogen-bond donors (Lipinski definition) is 1. The number of nitrogens with one attached hydrogen (secondary N) is 1. The van der Waals surface area contributed by atoms with Crippen LogP contribution in [-0.2, 0) is 11.0 Å². The van der Waals surface area contributed by atoms with Crippen LogP contribution in [0.15, 0.2) is 42.5 Å².